The lowest BCUT2D eigenvalue weighted by atomic mass is 9.33. The second-order valence-electron chi connectivity index (χ2n) is 37.9. The van der Waals surface area contributed by atoms with E-state index in [1.165, 1.54) is 21.9 Å². The summed E-state index contributed by atoms with van der Waals surface area (Å²) in [6, 6.07) is 119. The van der Waals surface area contributed by atoms with Gasteiger partial charge in [-0.05, 0) is 228 Å². The van der Waals surface area contributed by atoms with E-state index in [1.54, 1.807) is 4.57 Å². The molecule has 22 rings (SSSR count). The van der Waals surface area contributed by atoms with Crippen molar-refractivity contribution in [2.75, 3.05) is 14.7 Å². The highest BCUT2D eigenvalue weighted by Crippen LogP contribution is 2.57. The summed E-state index contributed by atoms with van der Waals surface area (Å²) < 4.78 is 84.0. The van der Waals surface area contributed by atoms with Gasteiger partial charge in [0, 0.05) is 106 Å². The van der Waals surface area contributed by atoms with Gasteiger partial charge in [-0.25, -0.2) is 0 Å². The summed E-state index contributed by atoms with van der Waals surface area (Å²) >= 11 is 0. The molecule has 0 saturated carbocycles. The third-order valence-corrected chi connectivity index (χ3v) is 26.0. The fraction of sp³-hybridized carbons (Fsp3) is 0.136. The van der Waals surface area contributed by atoms with Crippen molar-refractivity contribution in [1.29, 1.82) is 0 Å². The van der Waals surface area contributed by atoms with E-state index in [9.17, 15) is 11.0 Å². The molecule has 0 bridgehead atoms. The molecule has 0 atom stereocenters. The molecule has 5 heterocycles. The van der Waals surface area contributed by atoms with Crippen molar-refractivity contribution in [3.8, 4) is 61.6 Å². The van der Waals surface area contributed by atoms with Gasteiger partial charge in [-0.15, -0.1) is 0 Å². The number of aromatic nitrogens is 3. The van der Waals surface area contributed by atoms with Crippen LogP contribution >= 0.6 is 0 Å². The van der Waals surface area contributed by atoms with E-state index in [4.69, 9.17) is 0 Å². The highest BCUT2D eigenvalue weighted by Gasteiger charge is 2.47. The Balaban J connectivity index is 0.946. The van der Waals surface area contributed by atoms with Gasteiger partial charge in [-0.2, -0.15) is 0 Å². The standard InChI is InChI=1S/C118H99BN6/c1-115(2,3)80-54-64-106-98(66-80)99-67-81(116(4,5)6)55-65-107(99)123(106)89-74-110-112-111(75-89)125(114-96(78-40-22-15-23-41-78)70-83(118(10,11)12)71-97(114)79-42-24-16-25-43-79)109-73-88(122-104-52-34-30-48-92(104)93-49-31-35-53-105(93)122)61-63-101(109)119(112)100-62-60-87(72-108(100)124(110)113-94(76-36-18-13-19-37-76)68-82(117(7,8)9)69-95(113)77-38-20-14-21-39-77)120(84-44-26-17-27-45-84)85-56-58-86(59-57-85)121-102-50-32-28-46-90(102)91-47-29-33-51-103(91)121/h13-75H,1-12H3/i30D,31D,34D,35D,48D,49D,52D,53D. The Kier molecular flexibility index (Phi) is 15.9. The lowest BCUT2D eigenvalue weighted by Crippen LogP contribution is -2.61. The maximum Gasteiger partial charge on any atom is 0.252 e. The van der Waals surface area contributed by atoms with Gasteiger partial charge in [0.2, 0.25) is 0 Å². The average molecular weight is 1620 g/mol. The molecule has 0 fully saturated rings. The lowest BCUT2D eigenvalue weighted by molar-refractivity contribution is 0.590. The van der Waals surface area contributed by atoms with Crippen LogP contribution in [-0.2, 0) is 21.7 Å². The molecule has 6 nitrogen and oxygen atoms in total. The van der Waals surface area contributed by atoms with Crippen molar-refractivity contribution in [1.82, 2.24) is 13.7 Å². The van der Waals surface area contributed by atoms with Crippen LogP contribution in [0.5, 0.6) is 0 Å². The van der Waals surface area contributed by atoms with Crippen LogP contribution in [0.25, 0.3) is 127 Å². The minimum atomic E-state index is -0.617. The van der Waals surface area contributed by atoms with Gasteiger partial charge in [0.1, 0.15) is 0 Å². The molecule has 604 valence electrons. The summed E-state index contributed by atoms with van der Waals surface area (Å²) in [6.07, 6.45) is 0. The molecule has 125 heavy (non-hydrogen) atoms. The van der Waals surface area contributed by atoms with Gasteiger partial charge < -0.3 is 28.4 Å². The molecular weight excluding hydrogens is 1510 g/mol. The summed E-state index contributed by atoms with van der Waals surface area (Å²) in [5, 5.41) is 4.59. The molecule has 0 aliphatic carbocycles. The van der Waals surface area contributed by atoms with Crippen LogP contribution in [0.4, 0.5) is 51.2 Å². The van der Waals surface area contributed by atoms with Gasteiger partial charge in [-0.3, -0.25) is 0 Å². The summed E-state index contributed by atoms with van der Waals surface area (Å²) in [5.74, 6) is 0. The third kappa shape index (κ3) is 12.7. The predicted molar refractivity (Wildman–Crippen MR) is 535 cm³/mol. The normalized spacial score (nSPS) is 13.8. The number of rotatable bonds is 12. The van der Waals surface area contributed by atoms with E-state index in [1.807, 2.05) is 6.07 Å². The maximum absolute atomic E-state index is 10.1. The van der Waals surface area contributed by atoms with E-state index in [0.29, 0.717) is 5.69 Å². The summed E-state index contributed by atoms with van der Waals surface area (Å²) in [6.45, 7) is 26.9. The number of fused-ring (bicyclic) bond motifs is 13. The number of anilines is 9. The highest BCUT2D eigenvalue weighted by molar-refractivity contribution is 7.00. The van der Waals surface area contributed by atoms with Crippen LogP contribution in [0.15, 0.2) is 382 Å². The second-order valence-corrected chi connectivity index (χ2v) is 37.9. The van der Waals surface area contributed by atoms with E-state index in [-0.39, 0.29) is 55.6 Å². The number of benzene rings is 17. The first-order valence-corrected chi connectivity index (χ1v) is 43.6. The van der Waals surface area contributed by atoms with Crippen LogP contribution < -0.4 is 31.1 Å². The lowest BCUT2D eigenvalue weighted by Gasteiger charge is -2.46. The molecule has 0 amide bonds. The zero-order valence-corrected chi connectivity index (χ0v) is 72.5. The van der Waals surface area contributed by atoms with Gasteiger partial charge in [0.25, 0.3) is 6.71 Å². The summed E-state index contributed by atoms with van der Waals surface area (Å²) in [7, 11) is 0. The van der Waals surface area contributed by atoms with Crippen molar-refractivity contribution in [2.45, 2.75) is 105 Å². The van der Waals surface area contributed by atoms with Crippen LogP contribution in [0.1, 0.15) is 116 Å². The third-order valence-electron chi connectivity index (χ3n) is 26.0. The largest absolute Gasteiger partial charge is 0.310 e. The molecule has 20 aromatic rings. The first-order valence-electron chi connectivity index (χ1n) is 47.6. The van der Waals surface area contributed by atoms with Gasteiger partial charge >= 0.3 is 0 Å². The molecule has 2 aliphatic heterocycles. The quantitative estimate of drug-likeness (QED) is 0.114. The van der Waals surface area contributed by atoms with Gasteiger partial charge in [0.05, 0.1) is 61.1 Å². The molecule has 0 saturated heterocycles. The van der Waals surface area contributed by atoms with Crippen LogP contribution in [0.3, 0.4) is 0 Å². The second kappa shape index (κ2) is 29.1. The molecule has 0 unspecified atom stereocenters. The van der Waals surface area contributed by atoms with Crippen LogP contribution in [-0.4, -0.2) is 20.4 Å². The smallest absolute Gasteiger partial charge is 0.252 e. The predicted octanol–water partition coefficient (Wildman–Crippen LogP) is 30.4. The molecule has 3 aromatic heterocycles. The van der Waals surface area contributed by atoms with Gasteiger partial charge in [0.15, 0.2) is 0 Å². The number of hydrogen-bond donors (Lipinski definition) is 0. The monoisotopic (exact) mass is 1620 g/mol. The Morgan fingerprint density at radius 2 is 0.584 bits per heavy atom. The van der Waals surface area contributed by atoms with E-state index in [0.717, 1.165) is 167 Å². The Labute approximate surface area is 745 Å². The number of hydrogen-bond acceptors (Lipinski definition) is 3. The Morgan fingerprint density at radius 3 is 1.02 bits per heavy atom. The minimum Gasteiger partial charge on any atom is -0.310 e. The fourth-order valence-corrected chi connectivity index (χ4v) is 19.7. The van der Waals surface area contributed by atoms with Crippen molar-refractivity contribution in [3.63, 3.8) is 0 Å². The summed E-state index contributed by atoms with van der Waals surface area (Å²) in [5.41, 5.74) is 29.0. The van der Waals surface area contributed by atoms with Gasteiger partial charge in [-0.1, -0.05) is 320 Å². The minimum absolute atomic E-state index is 0.00543. The zero-order valence-electron chi connectivity index (χ0n) is 80.5. The van der Waals surface area contributed by atoms with Crippen LogP contribution in [0.2, 0.25) is 0 Å². The van der Waals surface area contributed by atoms with Crippen molar-refractivity contribution in [2.24, 2.45) is 0 Å². The number of nitrogens with zero attached hydrogens (tertiary/aromatic N) is 6. The topological polar surface area (TPSA) is 24.5 Å². The number of para-hydroxylation sites is 5. The molecule has 17 aromatic carbocycles. The van der Waals surface area contributed by atoms with E-state index in [2.05, 4.69) is 435 Å². The highest BCUT2D eigenvalue weighted by atomic mass is 15.2. The Bertz CT molecular complexity index is 7880. The van der Waals surface area contributed by atoms with Crippen molar-refractivity contribution in [3.05, 3.63) is 404 Å². The molecule has 0 radical (unpaired) electrons. The van der Waals surface area contributed by atoms with E-state index < -0.39 is 43.0 Å². The maximum atomic E-state index is 10.1. The fourth-order valence-electron chi connectivity index (χ4n) is 19.7. The molecular formula is C118H99BN6. The SMILES string of the molecule is [2H]c1c([2H])c([2H])c2c(c1[2H])c1c([2H])c([2H])c([2H])c([2H])c1n2-c1ccc2c(c1)N(c1c(-c3ccccc3)cc(C(C)(C)C)cc1-c1ccccc1)c1cc(-n3c4ccc(C(C)(C)C)cc4c4cc(C(C)(C)C)ccc43)cc3c1B2c1ccc(N(c2ccccc2)c2ccc(-n4c5ccccc5c5ccccc54)cc2)cc1N3c1c(-c2ccccc2)cc(C(C)(C)C)cc1-c1ccccc1. The molecule has 7 heteroatoms. The first kappa shape index (κ1) is 68.2. The first-order chi connectivity index (χ1) is 63.9. The van der Waals surface area contributed by atoms with Crippen LogP contribution in [0, 0.1) is 0 Å². The van der Waals surface area contributed by atoms with Crippen molar-refractivity contribution >= 4 is 140 Å². The molecule has 0 N–H and O–H groups in total. The van der Waals surface area contributed by atoms with Crippen molar-refractivity contribution < 1.29 is 11.0 Å². The zero-order chi connectivity index (χ0) is 92.1. The average Bonchev–Trinajstić information content (AvgIpc) is 1.42. The Hall–Kier alpha value is -14.4. The molecule has 0 spiro atoms. The van der Waals surface area contributed by atoms with E-state index >= 15 is 0 Å². The Morgan fingerprint density at radius 1 is 0.248 bits per heavy atom. The molecule has 2 aliphatic rings. The summed E-state index contributed by atoms with van der Waals surface area (Å²) in [4.78, 5) is 7.50.